The molecule has 1 amide bonds. The third-order valence-corrected chi connectivity index (χ3v) is 4.90. The molecule has 9 heteroatoms. The molecule has 1 aliphatic rings. The lowest BCUT2D eigenvalue weighted by Crippen LogP contribution is -2.43. The standard InChI is InChI=1S/C19H21N7O2/c1-12-23-15-10-22-17-14(5-7-21-17)16(15)18(24-12)26-8-3-4-13(11-26)28-19(27)25(2)9-6-20/h5,7,10,13H,3-4,8-9,11H2,1-2H3,(H,21,22). The van der Waals surface area contributed by atoms with Crippen LogP contribution in [0, 0.1) is 18.3 Å². The Bertz CT molecular complexity index is 1070. The third-order valence-electron chi connectivity index (χ3n) is 4.90. The molecule has 3 aromatic heterocycles. The zero-order valence-corrected chi connectivity index (χ0v) is 15.8. The van der Waals surface area contributed by atoms with Crippen LogP contribution in [0.4, 0.5) is 10.6 Å². The number of carbonyl (C=O) groups excluding carboxylic acids is 1. The summed E-state index contributed by atoms with van der Waals surface area (Å²) in [6.07, 6.45) is 4.54. The number of nitrogens with zero attached hydrogens (tertiary/aromatic N) is 6. The Labute approximate surface area is 161 Å². The summed E-state index contributed by atoms with van der Waals surface area (Å²) >= 11 is 0. The predicted octanol–water partition coefficient (Wildman–Crippen LogP) is 2.38. The van der Waals surface area contributed by atoms with Gasteiger partial charge in [-0.05, 0) is 25.8 Å². The molecule has 0 aromatic carbocycles. The van der Waals surface area contributed by atoms with Crippen molar-refractivity contribution < 1.29 is 9.53 Å². The van der Waals surface area contributed by atoms with E-state index in [0.717, 1.165) is 47.1 Å². The molecule has 4 heterocycles. The van der Waals surface area contributed by atoms with E-state index in [9.17, 15) is 4.79 Å². The Kier molecular flexibility index (Phi) is 4.69. The van der Waals surface area contributed by atoms with Gasteiger partial charge in [0, 0.05) is 25.2 Å². The number of aromatic amines is 1. The summed E-state index contributed by atoms with van der Waals surface area (Å²) in [7, 11) is 1.56. The molecule has 0 spiro atoms. The van der Waals surface area contributed by atoms with Crippen LogP contribution in [0.1, 0.15) is 18.7 Å². The van der Waals surface area contributed by atoms with E-state index in [2.05, 4.69) is 19.9 Å². The first kappa shape index (κ1) is 18.0. The number of nitrogens with one attached hydrogen (secondary N) is 1. The van der Waals surface area contributed by atoms with Gasteiger partial charge in [-0.15, -0.1) is 0 Å². The number of rotatable bonds is 3. The van der Waals surface area contributed by atoms with E-state index in [0.29, 0.717) is 12.4 Å². The fourth-order valence-electron chi connectivity index (χ4n) is 3.58. The second kappa shape index (κ2) is 7.31. The molecule has 3 aromatic rings. The van der Waals surface area contributed by atoms with E-state index in [1.165, 1.54) is 4.90 Å². The van der Waals surface area contributed by atoms with Gasteiger partial charge in [0.2, 0.25) is 0 Å². The minimum atomic E-state index is -0.477. The van der Waals surface area contributed by atoms with Crippen LogP contribution >= 0.6 is 0 Å². The van der Waals surface area contributed by atoms with Crippen molar-refractivity contribution in [2.45, 2.75) is 25.9 Å². The number of nitriles is 1. The van der Waals surface area contributed by atoms with Gasteiger partial charge in [-0.25, -0.2) is 19.7 Å². The van der Waals surface area contributed by atoms with E-state index >= 15 is 0 Å². The van der Waals surface area contributed by atoms with Crippen molar-refractivity contribution in [3.63, 3.8) is 0 Å². The molecular formula is C19H21N7O2. The number of fused-ring (bicyclic) bond motifs is 3. The van der Waals surface area contributed by atoms with Crippen molar-refractivity contribution in [3.05, 3.63) is 24.3 Å². The fourth-order valence-corrected chi connectivity index (χ4v) is 3.58. The number of amides is 1. The van der Waals surface area contributed by atoms with Gasteiger partial charge in [0.05, 0.1) is 29.7 Å². The minimum absolute atomic E-state index is 0.00345. The summed E-state index contributed by atoms with van der Waals surface area (Å²) in [5.74, 6) is 1.51. The first-order valence-electron chi connectivity index (χ1n) is 9.21. The highest BCUT2D eigenvalue weighted by atomic mass is 16.6. The largest absolute Gasteiger partial charge is 0.444 e. The molecule has 28 heavy (non-hydrogen) atoms. The number of hydrogen-bond acceptors (Lipinski definition) is 7. The lowest BCUT2D eigenvalue weighted by Gasteiger charge is -2.34. The Morgan fingerprint density at radius 2 is 2.36 bits per heavy atom. The monoisotopic (exact) mass is 379 g/mol. The Hall–Kier alpha value is -3.41. The summed E-state index contributed by atoms with van der Waals surface area (Å²) in [4.78, 5) is 32.4. The summed E-state index contributed by atoms with van der Waals surface area (Å²) in [5, 5.41) is 10.7. The fraction of sp³-hybridized carbons (Fsp3) is 0.421. The zero-order valence-electron chi connectivity index (χ0n) is 15.8. The number of hydrogen-bond donors (Lipinski definition) is 1. The molecule has 0 radical (unpaired) electrons. The predicted molar refractivity (Wildman–Crippen MR) is 104 cm³/mol. The van der Waals surface area contributed by atoms with Gasteiger partial charge in [0.1, 0.15) is 29.9 Å². The van der Waals surface area contributed by atoms with Gasteiger partial charge in [0.15, 0.2) is 0 Å². The number of aryl methyl sites for hydroxylation is 1. The topological polar surface area (TPSA) is 111 Å². The molecule has 1 N–H and O–H groups in total. The second-order valence-corrected chi connectivity index (χ2v) is 6.96. The van der Waals surface area contributed by atoms with Crippen LogP contribution in [0.15, 0.2) is 18.5 Å². The van der Waals surface area contributed by atoms with Crippen molar-refractivity contribution in [1.82, 2.24) is 24.8 Å². The molecule has 0 saturated carbocycles. The number of anilines is 1. The maximum Gasteiger partial charge on any atom is 0.410 e. The molecular weight excluding hydrogens is 358 g/mol. The first-order valence-corrected chi connectivity index (χ1v) is 9.21. The van der Waals surface area contributed by atoms with Gasteiger partial charge >= 0.3 is 6.09 Å². The van der Waals surface area contributed by atoms with Crippen LogP contribution in [0.25, 0.3) is 21.9 Å². The van der Waals surface area contributed by atoms with E-state index in [-0.39, 0.29) is 12.6 Å². The highest BCUT2D eigenvalue weighted by Gasteiger charge is 2.27. The van der Waals surface area contributed by atoms with Crippen molar-refractivity contribution in [2.24, 2.45) is 0 Å². The van der Waals surface area contributed by atoms with Crippen LogP contribution in [0.3, 0.4) is 0 Å². The molecule has 4 rings (SSSR count). The number of H-pyrrole nitrogens is 1. The highest BCUT2D eigenvalue weighted by molar-refractivity contribution is 6.09. The van der Waals surface area contributed by atoms with Crippen molar-refractivity contribution in [2.75, 3.05) is 31.6 Å². The minimum Gasteiger partial charge on any atom is -0.444 e. The van der Waals surface area contributed by atoms with Crippen LogP contribution in [0.5, 0.6) is 0 Å². The first-order chi connectivity index (χ1) is 13.6. The number of pyridine rings is 1. The number of aromatic nitrogens is 4. The molecule has 1 unspecified atom stereocenters. The number of carbonyl (C=O) groups is 1. The Balaban J connectivity index is 1.65. The maximum atomic E-state index is 12.1. The quantitative estimate of drug-likeness (QED) is 0.695. The van der Waals surface area contributed by atoms with E-state index in [1.807, 2.05) is 25.3 Å². The van der Waals surface area contributed by atoms with Crippen LogP contribution in [-0.4, -0.2) is 63.7 Å². The van der Waals surface area contributed by atoms with Crippen molar-refractivity contribution in [1.29, 1.82) is 5.26 Å². The average Bonchev–Trinajstić information content (AvgIpc) is 3.16. The lowest BCUT2D eigenvalue weighted by atomic mass is 10.1. The summed E-state index contributed by atoms with van der Waals surface area (Å²) in [6, 6.07) is 3.93. The summed E-state index contributed by atoms with van der Waals surface area (Å²) in [6.45, 7) is 3.24. The van der Waals surface area contributed by atoms with Gasteiger partial charge in [-0.2, -0.15) is 5.26 Å². The van der Waals surface area contributed by atoms with Crippen molar-refractivity contribution >= 4 is 33.8 Å². The molecule has 1 saturated heterocycles. The zero-order chi connectivity index (χ0) is 19.7. The van der Waals surface area contributed by atoms with Crippen molar-refractivity contribution in [3.8, 4) is 6.07 Å². The highest BCUT2D eigenvalue weighted by Crippen LogP contribution is 2.32. The maximum absolute atomic E-state index is 12.1. The van der Waals surface area contributed by atoms with Gasteiger partial charge in [0.25, 0.3) is 0 Å². The average molecular weight is 379 g/mol. The van der Waals surface area contributed by atoms with Crippen LogP contribution in [-0.2, 0) is 4.74 Å². The molecule has 1 aliphatic heterocycles. The van der Waals surface area contributed by atoms with Gasteiger partial charge in [-0.1, -0.05) is 0 Å². The summed E-state index contributed by atoms with van der Waals surface area (Å²) < 4.78 is 5.60. The number of ether oxygens (including phenoxy) is 1. The molecule has 9 nitrogen and oxygen atoms in total. The molecule has 1 fully saturated rings. The second-order valence-electron chi connectivity index (χ2n) is 6.96. The summed E-state index contributed by atoms with van der Waals surface area (Å²) in [5.41, 5.74) is 1.58. The van der Waals surface area contributed by atoms with Crippen LogP contribution in [0.2, 0.25) is 0 Å². The Morgan fingerprint density at radius 1 is 1.50 bits per heavy atom. The Morgan fingerprint density at radius 3 is 3.18 bits per heavy atom. The van der Waals surface area contributed by atoms with E-state index < -0.39 is 6.09 Å². The van der Waals surface area contributed by atoms with E-state index in [4.69, 9.17) is 15.0 Å². The van der Waals surface area contributed by atoms with Gasteiger partial charge in [-0.3, -0.25) is 4.90 Å². The SMILES string of the molecule is Cc1nc(N2CCCC(OC(=O)N(C)CC#N)C2)c2c(cnc3[nH]ccc32)n1. The number of piperidine rings is 1. The molecule has 144 valence electrons. The normalized spacial score (nSPS) is 16.9. The lowest BCUT2D eigenvalue weighted by molar-refractivity contribution is 0.0646. The van der Waals surface area contributed by atoms with E-state index in [1.54, 1.807) is 13.2 Å². The van der Waals surface area contributed by atoms with Crippen LogP contribution < -0.4 is 4.90 Å². The third kappa shape index (κ3) is 3.29. The van der Waals surface area contributed by atoms with Gasteiger partial charge < -0.3 is 14.6 Å². The smallest absolute Gasteiger partial charge is 0.410 e. The molecule has 0 bridgehead atoms. The molecule has 1 atom stereocenters. The molecule has 0 aliphatic carbocycles.